The number of rotatable bonds is 7. The minimum atomic E-state index is -3.80. The molecule has 0 heterocycles. The van der Waals surface area contributed by atoms with Crippen LogP contribution >= 0.6 is 12.4 Å². The molecule has 0 fully saturated rings. The highest BCUT2D eigenvalue weighted by molar-refractivity contribution is 7.92. The standard InChI is InChI=1S/C19H25N3O3S.ClH/c1-13-5-4-6-17(11-13)22-26(24,25)18-12-16(8-7-14(18)2)19(23)21-10-9-15(3)20;/h4-8,11-12,15,22H,9-10,20H2,1-3H3,(H,21,23);1H. The van der Waals surface area contributed by atoms with E-state index in [0.717, 1.165) is 5.56 Å². The predicted octanol–water partition coefficient (Wildman–Crippen LogP) is 2.99. The Balaban J connectivity index is 0.00000364. The van der Waals surface area contributed by atoms with E-state index in [9.17, 15) is 13.2 Å². The number of nitrogens with two attached hydrogens (primary N) is 1. The van der Waals surface area contributed by atoms with Crippen LogP contribution in [-0.4, -0.2) is 26.9 Å². The third-order valence-corrected chi connectivity index (χ3v) is 5.42. The number of hydrogen-bond donors (Lipinski definition) is 3. The Hall–Kier alpha value is -2.09. The Kier molecular flexibility index (Phi) is 8.27. The molecule has 0 bridgehead atoms. The second-order valence-electron chi connectivity index (χ2n) is 6.48. The summed E-state index contributed by atoms with van der Waals surface area (Å²) in [6, 6.07) is 11.7. The molecule has 6 nitrogen and oxygen atoms in total. The van der Waals surface area contributed by atoms with E-state index in [0.29, 0.717) is 29.8 Å². The van der Waals surface area contributed by atoms with Gasteiger partial charge >= 0.3 is 0 Å². The van der Waals surface area contributed by atoms with Crippen molar-refractivity contribution in [2.24, 2.45) is 5.73 Å². The summed E-state index contributed by atoms with van der Waals surface area (Å²) in [4.78, 5) is 12.3. The third-order valence-electron chi connectivity index (χ3n) is 3.90. The minimum Gasteiger partial charge on any atom is -0.352 e. The summed E-state index contributed by atoms with van der Waals surface area (Å²) in [7, 11) is -3.80. The Bertz CT molecular complexity index is 899. The summed E-state index contributed by atoms with van der Waals surface area (Å²) >= 11 is 0. The molecular formula is C19H26ClN3O3S. The molecule has 4 N–H and O–H groups in total. The molecule has 0 saturated carbocycles. The lowest BCUT2D eigenvalue weighted by molar-refractivity contribution is 0.0952. The van der Waals surface area contributed by atoms with Gasteiger partial charge in [-0.15, -0.1) is 12.4 Å². The van der Waals surface area contributed by atoms with E-state index in [1.54, 1.807) is 37.3 Å². The van der Waals surface area contributed by atoms with Crippen LogP contribution in [0.3, 0.4) is 0 Å². The van der Waals surface area contributed by atoms with Crippen LogP contribution in [0.2, 0.25) is 0 Å². The number of carbonyl (C=O) groups excluding carboxylic acids is 1. The first-order chi connectivity index (χ1) is 12.2. The van der Waals surface area contributed by atoms with Crippen LogP contribution in [-0.2, 0) is 10.0 Å². The number of nitrogens with one attached hydrogen (secondary N) is 2. The first-order valence-corrected chi connectivity index (χ1v) is 9.91. The first kappa shape index (κ1) is 23.0. The van der Waals surface area contributed by atoms with Crippen molar-refractivity contribution in [1.29, 1.82) is 0 Å². The summed E-state index contributed by atoms with van der Waals surface area (Å²) in [5, 5.41) is 2.75. The summed E-state index contributed by atoms with van der Waals surface area (Å²) in [5.41, 5.74) is 7.96. The summed E-state index contributed by atoms with van der Waals surface area (Å²) in [5.74, 6) is -0.322. The van der Waals surface area contributed by atoms with Crippen molar-refractivity contribution < 1.29 is 13.2 Å². The van der Waals surface area contributed by atoms with Gasteiger partial charge in [0.25, 0.3) is 15.9 Å². The zero-order valence-corrected chi connectivity index (χ0v) is 17.3. The number of carbonyl (C=O) groups is 1. The first-order valence-electron chi connectivity index (χ1n) is 8.43. The SMILES string of the molecule is Cc1cccc(NS(=O)(=O)c2cc(C(=O)NCCC(C)N)ccc2C)c1.Cl. The molecule has 0 aliphatic rings. The number of anilines is 1. The van der Waals surface area contributed by atoms with Crippen LogP contribution in [0, 0.1) is 13.8 Å². The molecule has 2 aromatic carbocycles. The molecule has 0 spiro atoms. The molecule has 0 aliphatic carbocycles. The molecule has 0 aromatic heterocycles. The highest BCUT2D eigenvalue weighted by atomic mass is 35.5. The van der Waals surface area contributed by atoms with Gasteiger partial charge in [0.1, 0.15) is 0 Å². The fourth-order valence-corrected chi connectivity index (χ4v) is 3.79. The molecule has 148 valence electrons. The van der Waals surface area contributed by atoms with Crippen molar-refractivity contribution in [3.63, 3.8) is 0 Å². The van der Waals surface area contributed by atoms with E-state index in [-0.39, 0.29) is 29.3 Å². The largest absolute Gasteiger partial charge is 0.352 e. The van der Waals surface area contributed by atoms with Gasteiger partial charge in [-0.1, -0.05) is 18.2 Å². The smallest absolute Gasteiger partial charge is 0.262 e. The summed E-state index contributed by atoms with van der Waals surface area (Å²) < 4.78 is 28.1. The second kappa shape index (κ2) is 9.73. The van der Waals surface area contributed by atoms with Gasteiger partial charge in [-0.05, 0) is 62.6 Å². The number of hydrogen-bond acceptors (Lipinski definition) is 4. The Morgan fingerprint density at radius 1 is 1.15 bits per heavy atom. The maximum Gasteiger partial charge on any atom is 0.262 e. The van der Waals surface area contributed by atoms with E-state index >= 15 is 0 Å². The predicted molar refractivity (Wildman–Crippen MR) is 111 cm³/mol. The van der Waals surface area contributed by atoms with Crippen molar-refractivity contribution in [2.75, 3.05) is 11.3 Å². The number of benzene rings is 2. The van der Waals surface area contributed by atoms with Gasteiger partial charge in [-0.2, -0.15) is 0 Å². The van der Waals surface area contributed by atoms with Gasteiger partial charge in [-0.3, -0.25) is 9.52 Å². The lowest BCUT2D eigenvalue weighted by Crippen LogP contribution is -2.29. The average molecular weight is 412 g/mol. The maximum absolute atomic E-state index is 12.8. The fraction of sp³-hybridized carbons (Fsp3) is 0.316. The maximum atomic E-state index is 12.8. The van der Waals surface area contributed by atoms with Gasteiger partial charge in [0.05, 0.1) is 4.90 Å². The Morgan fingerprint density at radius 3 is 2.48 bits per heavy atom. The van der Waals surface area contributed by atoms with Crippen LogP contribution in [0.15, 0.2) is 47.4 Å². The molecule has 1 amide bonds. The van der Waals surface area contributed by atoms with Crippen molar-refractivity contribution in [3.05, 3.63) is 59.2 Å². The topological polar surface area (TPSA) is 101 Å². The van der Waals surface area contributed by atoms with Crippen LogP contribution in [0.25, 0.3) is 0 Å². The van der Waals surface area contributed by atoms with Crippen molar-refractivity contribution in [2.45, 2.75) is 38.1 Å². The van der Waals surface area contributed by atoms with Crippen LogP contribution in [0.4, 0.5) is 5.69 Å². The lowest BCUT2D eigenvalue weighted by atomic mass is 10.1. The molecule has 1 unspecified atom stereocenters. The molecule has 0 radical (unpaired) electrons. The Labute approximate surface area is 167 Å². The highest BCUT2D eigenvalue weighted by Crippen LogP contribution is 2.21. The van der Waals surface area contributed by atoms with Crippen LogP contribution in [0.5, 0.6) is 0 Å². The molecule has 0 aliphatic heterocycles. The monoisotopic (exact) mass is 411 g/mol. The highest BCUT2D eigenvalue weighted by Gasteiger charge is 2.19. The van der Waals surface area contributed by atoms with E-state index < -0.39 is 10.0 Å². The summed E-state index contributed by atoms with van der Waals surface area (Å²) in [6.45, 7) is 5.88. The average Bonchev–Trinajstić information content (AvgIpc) is 2.54. The molecule has 2 rings (SSSR count). The normalized spacial score (nSPS) is 12.0. The number of halogens is 1. The van der Waals surface area contributed by atoms with E-state index in [1.807, 2.05) is 19.9 Å². The van der Waals surface area contributed by atoms with Gasteiger partial charge in [-0.25, -0.2) is 8.42 Å². The minimum absolute atomic E-state index is 0. The molecule has 2 aromatic rings. The molecular weight excluding hydrogens is 386 g/mol. The fourth-order valence-electron chi connectivity index (χ4n) is 2.46. The van der Waals surface area contributed by atoms with Crippen molar-refractivity contribution in [3.8, 4) is 0 Å². The van der Waals surface area contributed by atoms with Crippen LogP contribution < -0.4 is 15.8 Å². The number of aryl methyl sites for hydroxylation is 2. The van der Waals surface area contributed by atoms with E-state index in [2.05, 4.69) is 10.0 Å². The van der Waals surface area contributed by atoms with E-state index in [4.69, 9.17) is 5.73 Å². The zero-order chi connectivity index (χ0) is 19.3. The quantitative estimate of drug-likeness (QED) is 0.651. The van der Waals surface area contributed by atoms with Gasteiger partial charge in [0.15, 0.2) is 0 Å². The summed E-state index contributed by atoms with van der Waals surface area (Å²) in [6.07, 6.45) is 0.650. The number of amides is 1. The Morgan fingerprint density at radius 2 is 1.85 bits per heavy atom. The van der Waals surface area contributed by atoms with Gasteiger partial charge in [0, 0.05) is 23.8 Å². The lowest BCUT2D eigenvalue weighted by Gasteiger charge is -2.13. The zero-order valence-electron chi connectivity index (χ0n) is 15.7. The van der Waals surface area contributed by atoms with Crippen molar-refractivity contribution >= 4 is 34.0 Å². The molecule has 27 heavy (non-hydrogen) atoms. The van der Waals surface area contributed by atoms with Gasteiger partial charge < -0.3 is 11.1 Å². The number of sulfonamides is 1. The second-order valence-corrected chi connectivity index (χ2v) is 8.13. The molecule has 1 atom stereocenters. The third kappa shape index (κ3) is 6.53. The molecule has 8 heteroatoms. The molecule has 0 saturated heterocycles. The van der Waals surface area contributed by atoms with Crippen molar-refractivity contribution in [1.82, 2.24) is 5.32 Å². The van der Waals surface area contributed by atoms with E-state index in [1.165, 1.54) is 6.07 Å². The van der Waals surface area contributed by atoms with Crippen LogP contribution in [0.1, 0.15) is 34.8 Å². The van der Waals surface area contributed by atoms with Gasteiger partial charge in [0.2, 0.25) is 0 Å².